The van der Waals surface area contributed by atoms with Gasteiger partial charge in [-0.2, -0.15) is 0 Å². The van der Waals surface area contributed by atoms with E-state index < -0.39 is 0 Å². The number of aliphatic hydroxyl groups excluding tert-OH is 1. The second-order valence-electron chi connectivity index (χ2n) is 4.72. The Labute approximate surface area is 104 Å². The highest BCUT2D eigenvalue weighted by atomic mass is 16.5. The molecule has 1 aromatic rings. The summed E-state index contributed by atoms with van der Waals surface area (Å²) >= 11 is 0. The lowest BCUT2D eigenvalue weighted by Gasteiger charge is -2.13. The van der Waals surface area contributed by atoms with Crippen LogP contribution in [-0.4, -0.2) is 18.3 Å². The van der Waals surface area contributed by atoms with E-state index in [1.807, 2.05) is 24.3 Å². The summed E-state index contributed by atoms with van der Waals surface area (Å²) in [5.74, 6) is 1.51. The highest BCUT2D eigenvalue weighted by molar-refractivity contribution is 5.30. The molecule has 3 nitrogen and oxygen atoms in total. The van der Waals surface area contributed by atoms with Crippen molar-refractivity contribution in [3.8, 4) is 5.75 Å². The fourth-order valence-corrected chi connectivity index (χ4v) is 1.55. The van der Waals surface area contributed by atoms with Gasteiger partial charge in [0.25, 0.3) is 0 Å². The van der Waals surface area contributed by atoms with Gasteiger partial charge >= 0.3 is 0 Å². The number of benzene rings is 1. The minimum atomic E-state index is -0.117. The van der Waals surface area contributed by atoms with Crippen LogP contribution in [0.1, 0.15) is 38.3 Å². The van der Waals surface area contributed by atoms with E-state index in [2.05, 4.69) is 13.8 Å². The van der Waals surface area contributed by atoms with Gasteiger partial charge in [0.15, 0.2) is 0 Å². The number of aliphatic hydroxyl groups is 1. The van der Waals surface area contributed by atoms with E-state index in [0.717, 1.165) is 24.3 Å². The molecule has 1 aromatic carbocycles. The van der Waals surface area contributed by atoms with Gasteiger partial charge in [-0.15, -0.1) is 0 Å². The molecule has 0 bridgehead atoms. The van der Waals surface area contributed by atoms with E-state index in [1.54, 1.807) is 0 Å². The Hall–Kier alpha value is -1.06. The Balaban J connectivity index is 2.53. The van der Waals surface area contributed by atoms with Crippen molar-refractivity contribution in [2.45, 2.75) is 32.7 Å². The molecule has 3 N–H and O–H groups in total. The summed E-state index contributed by atoms with van der Waals surface area (Å²) in [7, 11) is 0. The summed E-state index contributed by atoms with van der Waals surface area (Å²) in [6.07, 6.45) is 1.63. The normalized spacial score (nSPS) is 12.8. The molecule has 0 amide bonds. The molecule has 1 rings (SSSR count). The summed E-state index contributed by atoms with van der Waals surface area (Å²) in [4.78, 5) is 0. The minimum absolute atomic E-state index is 0.111. The Morgan fingerprint density at radius 3 is 2.71 bits per heavy atom. The van der Waals surface area contributed by atoms with E-state index >= 15 is 0 Å². The molecule has 0 spiro atoms. The van der Waals surface area contributed by atoms with Crippen LogP contribution in [0.5, 0.6) is 5.75 Å². The fourth-order valence-electron chi connectivity index (χ4n) is 1.55. The van der Waals surface area contributed by atoms with Crippen LogP contribution in [0.4, 0.5) is 0 Å². The molecule has 17 heavy (non-hydrogen) atoms. The zero-order valence-electron chi connectivity index (χ0n) is 10.7. The van der Waals surface area contributed by atoms with E-state index in [-0.39, 0.29) is 12.6 Å². The number of hydrogen-bond acceptors (Lipinski definition) is 3. The fraction of sp³-hybridized carbons (Fsp3) is 0.571. The van der Waals surface area contributed by atoms with Gasteiger partial charge in [-0.1, -0.05) is 26.0 Å². The average molecular weight is 237 g/mol. The number of nitrogens with two attached hydrogens (primary N) is 1. The van der Waals surface area contributed by atoms with E-state index in [4.69, 9.17) is 15.6 Å². The maximum atomic E-state index is 8.86. The molecule has 1 unspecified atom stereocenters. The van der Waals surface area contributed by atoms with Gasteiger partial charge in [0.05, 0.1) is 6.61 Å². The first-order valence-electron chi connectivity index (χ1n) is 6.22. The lowest BCUT2D eigenvalue weighted by Crippen LogP contribution is -2.12. The third-order valence-electron chi connectivity index (χ3n) is 2.69. The summed E-state index contributed by atoms with van der Waals surface area (Å²) in [5.41, 5.74) is 6.95. The molecule has 0 heterocycles. The number of rotatable bonds is 7. The molecule has 0 aliphatic rings. The molecule has 1 atom stereocenters. The Morgan fingerprint density at radius 2 is 2.06 bits per heavy atom. The van der Waals surface area contributed by atoms with Crippen molar-refractivity contribution < 1.29 is 9.84 Å². The van der Waals surface area contributed by atoms with Crippen molar-refractivity contribution in [1.29, 1.82) is 0 Å². The average Bonchev–Trinajstić information content (AvgIpc) is 2.29. The van der Waals surface area contributed by atoms with Crippen LogP contribution in [0.25, 0.3) is 0 Å². The number of hydrogen-bond donors (Lipinski definition) is 2. The van der Waals surface area contributed by atoms with E-state index in [0.29, 0.717) is 12.3 Å². The van der Waals surface area contributed by atoms with Gasteiger partial charge in [-0.3, -0.25) is 0 Å². The van der Waals surface area contributed by atoms with Crippen LogP contribution < -0.4 is 10.5 Å². The summed E-state index contributed by atoms with van der Waals surface area (Å²) in [6, 6.07) is 7.69. The molecule has 0 saturated heterocycles. The molecule has 0 aliphatic heterocycles. The molecular weight excluding hydrogens is 214 g/mol. The van der Waals surface area contributed by atoms with Crippen LogP contribution in [-0.2, 0) is 0 Å². The van der Waals surface area contributed by atoms with Crippen molar-refractivity contribution in [2.75, 3.05) is 13.2 Å². The van der Waals surface area contributed by atoms with Gasteiger partial charge < -0.3 is 15.6 Å². The topological polar surface area (TPSA) is 55.5 Å². The lowest BCUT2D eigenvalue weighted by atomic mass is 10.1. The van der Waals surface area contributed by atoms with Crippen molar-refractivity contribution >= 4 is 0 Å². The minimum Gasteiger partial charge on any atom is -0.494 e. The summed E-state index contributed by atoms with van der Waals surface area (Å²) < 4.78 is 5.67. The second kappa shape index (κ2) is 7.30. The maximum Gasteiger partial charge on any atom is 0.119 e. The van der Waals surface area contributed by atoms with Gasteiger partial charge in [0, 0.05) is 12.6 Å². The third-order valence-corrected chi connectivity index (χ3v) is 2.69. The van der Waals surface area contributed by atoms with Crippen molar-refractivity contribution in [1.82, 2.24) is 0 Å². The zero-order valence-corrected chi connectivity index (χ0v) is 10.7. The van der Waals surface area contributed by atoms with Crippen LogP contribution in [0.15, 0.2) is 24.3 Å². The van der Waals surface area contributed by atoms with Crippen LogP contribution in [0.3, 0.4) is 0 Å². The monoisotopic (exact) mass is 237 g/mol. The van der Waals surface area contributed by atoms with E-state index in [1.165, 1.54) is 0 Å². The van der Waals surface area contributed by atoms with Gasteiger partial charge in [-0.25, -0.2) is 0 Å². The quantitative estimate of drug-likeness (QED) is 0.766. The first-order valence-corrected chi connectivity index (χ1v) is 6.22. The molecular formula is C14H23NO2. The summed E-state index contributed by atoms with van der Waals surface area (Å²) in [5, 5.41) is 8.86. The largest absolute Gasteiger partial charge is 0.494 e. The van der Waals surface area contributed by atoms with Crippen LogP contribution in [0, 0.1) is 5.92 Å². The molecule has 3 heteroatoms. The smallest absolute Gasteiger partial charge is 0.119 e. The molecule has 0 aromatic heterocycles. The SMILES string of the molecule is CC(C)CCOc1cccc(C(N)CCO)c1. The Kier molecular flexibility index (Phi) is 6.01. The zero-order chi connectivity index (χ0) is 12.7. The van der Waals surface area contributed by atoms with Gasteiger partial charge in [-0.05, 0) is 36.5 Å². The van der Waals surface area contributed by atoms with Crippen LogP contribution in [0.2, 0.25) is 0 Å². The highest BCUT2D eigenvalue weighted by Crippen LogP contribution is 2.20. The standard InChI is InChI=1S/C14H23NO2/c1-11(2)7-9-17-13-5-3-4-12(10-13)14(15)6-8-16/h3-5,10-11,14,16H,6-9,15H2,1-2H3. The first kappa shape index (κ1) is 14.0. The molecule has 0 fully saturated rings. The van der Waals surface area contributed by atoms with Crippen molar-refractivity contribution in [3.05, 3.63) is 29.8 Å². The van der Waals surface area contributed by atoms with Crippen molar-refractivity contribution in [3.63, 3.8) is 0 Å². The molecule has 96 valence electrons. The number of ether oxygens (including phenoxy) is 1. The van der Waals surface area contributed by atoms with Gasteiger partial charge in [0.1, 0.15) is 5.75 Å². The summed E-state index contributed by atoms with van der Waals surface area (Å²) in [6.45, 7) is 5.20. The predicted octanol–water partition coefficient (Wildman–Crippen LogP) is 2.49. The Bertz CT molecular complexity index is 326. The lowest BCUT2D eigenvalue weighted by molar-refractivity contribution is 0.275. The van der Waals surface area contributed by atoms with E-state index in [9.17, 15) is 0 Å². The molecule has 0 radical (unpaired) electrons. The Morgan fingerprint density at radius 1 is 1.29 bits per heavy atom. The van der Waals surface area contributed by atoms with Crippen molar-refractivity contribution in [2.24, 2.45) is 11.7 Å². The third kappa shape index (κ3) is 5.20. The second-order valence-corrected chi connectivity index (χ2v) is 4.72. The first-order chi connectivity index (χ1) is 8.13. The maximum absolute atomic E-state index is 8.86. The predicted molar refractivity (Wildman–Crippen MR) is 70.0 cm³/mol. The highest BCUT2D eigenvalue weighted by Gasteiger charge is 2.06. The van der Waals surface area contributed by atoms with Crippen LogP contribution >= 0.6 is 0 Å². The van der Waals surface area contributed by atoms with Gasteiger partial charge in [0.2, 0.25) is 0 Å². The molecule has 0 aliphatic carbocycles. The molecule has 0 saturated carbocycles.